The molecule has 0 heterocycles. The lowest BCUT2D eigenvalue weighted by Gasteiger charge is -2.44. The number of carbonyl (C=O) groups is 2. The molecular weight excluding hydrogens is 356 g/mol. The molecule has 152 valence electrons. The Hall–Kier alpha value is -2.14. The Morgan fingerprint density at radius 3 is 2.46 bits per heavy atom. The molecule has 0 saturated heterocycles. The lowest BCUT2D eigenvalue weighted by atomic mass is 9.65. The zero-order valence-electron chi connectivity index (χ0n) is 17.3. The van der Waals surface area contributed by atoms with Crippen molar-refractivity contribution in [3.05, 3.63) is 41.5 Å². The Morgan fingerprint density at radius 2 is 1.89 bits per heavy atom. The quantitative estimate of drug-likeness (QED) is 0.627. The third kappa shape index (κ3) is 3.16. The molecule has 1 saturated carbocycles. The summed E-state index contributed by atoms with van der Waals surface area (Å²) in [6.07, 6.45) is 2.54. The van der Waals surface area contributed by atoms with Crippen LogP contribution < -0.4 is 4.74 Å². The molecule has 0 unspecified atom stereocenters. The zero-order chi connectivity index (χ0) is 20.7. The summed E-state index contributed by atoms with van der Waals surface area (Å²) in [5.74, 6) is 0.114. The van der Waals surface area contributed by atoms with Gasteiger partial charge in [-0.15, -0.1) is 0 Å². The van der Waals surface area contributed by atoms with Crippen LogP contribution in [0.4, 0.5) is 0 Å². The van der Waals surface area contributed by atoms with Crippen LogP contribution in [0.3, 0.4) is 0 Å². The van der Waals surface area contributed by atoms with Gasteiger partial charge >= 0.3 is 5.97 Å². The van der Waals surface area contributed by atoms with E-state index in [1.807, 2.05) is 26.8 Å². The molecule has 0 aromatic heterocycles. The molecule has 5 heteroatoms. The van der Waals surface area contributed by atoms with Crippen LogP contribution in [0, 0.1) is 17.3 Å². The minimum Gasteiger partial charge on any atom is -0.497 e. The maximum atomic E-state index is 13.1. The van der Waals surface area contributed by atoms with E-state index in [9.17, 15) is 14.7 Å². The van der Waals surface area contributed by atoms with Gasteiger partial charge in [0.15, 0.2) is 0 Å². The smallest absolute Gasteiger partial charge is 0.338 e. The van der Waals surface area contributed by atoms with E-state index in [0.29, 0.717) is 30.6 Å². The highest BCUT2D eigenvalue weighted by molar-refractivity contribution is 5.93. The van der Waals surface area contributed by atoms with Gasteiger partial charge in [0.1, 0.15) is 17.6 Å². The Morgan fingerprint density at radius 1 is 1.25 bits per heavy atom. The molecular formula is C23H30O5. The Kier molecular flexibility index (Phi) is 5.41. The maximum absolute atomic E-state index is 13.1. The number of benzene rings is 1. The number of hydrogen-bond acceptors (Lipinski definition) is 5. The number of rotatable bonds is 4. The summed E-state index contributed by atoms with van der Waals surface area (Å²) in [4.78, 5) is 25.9. The summed E-state index contributed by atoms with van der Waals surface area (Å²) in [6, 6.07) is 6.66. The van der Waals surface area contributed by atoms with Gasteiger partial charge in [0, 0.05) is 6.42 Å². The van der Waals surface area contributed by atoms with Crippen molar-refractivity contribution in [1.82, 2.24) is 0 Å². The van der Waals surface area contributed by atoms with E-state index >= 15 is 0 Å². The lowest BCUT2D eigenvalue weighted by Crippen LogP contribution is -2.56. The number of hydrogen-bond donors (Lipinski definition) is 1. The molecule has 28 heavy (non-hydrogen) atoms. The minimum atomic E-state index is -1.20. The number of aliphatic hydroxyl groups is 1. The fourth-order valence-electron chi connectivity index (χ4n) is 4.80. The fraction of sp³-hybridized carbons (Fsp3) is 0.565. The number of fused-ring (bicyclic) bond motifs is 1. The van der Waals surface area contributed by atoms with Crippen LogP contribution >= 0.6 is 0 Å². The van der Waals surface area contributed by atoms with Crippen molar-refractivity contribution in [2.45, 2.75) is 58.7 Å². The number of ether oxygens (including phenoxy) is 2. The molecule has 0 bridgehead atoms. The molecule has 4 atom stereocenters. The van der Waals surface area contributed by atoms with Crippen LogP contribution in [-0.2, 0) is 9.53 Å². The summed E-state index contributed by atoms with van der Waals surface area (Å²) in [6.45, 7) is 7.78. The highest BCUT2D eigenvalue weighted by Gasteiger charge is 2.66. The van der Waals surface area contributed by atoms with Crippen LogP contribution in [0.2, 0.25) is 0 Å². The third-order valence-electron chi connectivity index (χ3n) is 6.77. The van der Waals surface area contributed by atoms with Gasteiger partial charge in [0.25, 0.3) is 0 Å². The van der Waals surface area contributed by atoms with Crippen LogP contribution in [0.25, 0.3) is 0 Å². The summed E-state index contributed by atoms with van der Waals surface area (Å²) in [7, 11) is 1.56. The number of allylic oxidation sites excluding steroid dienone is 1. The largest absolute Gasteiger partial charge is 0.497 e. The second-order valence-electron chi connectivity index (χ2n) is 8.67. The molecule has 1 fully saturated rings. The number of Topliss-reactive ketones (excluding diaryl/α,β-unsaturated/α-hetero) is 1. The van der Waals surface area contributed by atoms with E-state index in [1.165, 1.54) is 0 Å². The maximum Gasteiger partial charge on any atom is 0.338 e. The van der Waals surface area contributed by atoms with E-state index in [0.717, 1.165) is 5.57 Å². The van der Waals surface area contributed by atoms with Gasteiger partial charge in [-0.1, -0.05) is 19.4 Å². The standard InChI is InChI=1S/C23H30O5/c1-14(2)18-13-19(24)22(4)20(12-15(3)10-11-23(18,22)26)28-21(25)16-6-8-17(27-5)9-7-16/h6-9,12,14,18,20,26H,10-11,13H2,1-5H3/t18-,20-,22-,23-/m0/s1. The number of methoxy groups -OCH3 is 1. The first kappa shape index (κ1) is 20.6. The summed E-state index contributed by atoms with van der Waals surface area (Å²) in [5, 5.41) is 11.7. The van der Waals surface area contributed by atoms with Crippen molar-refractivity contribution < 1.29 is 24.2 Å². The van der Waals surface area contributed by atoms with Crippen LogP contribution in [0.1, 0.15) is 57.3 Å². The Balaban J connectivity index is 1.96. The summed E-state index contributed by atoms with van der Waals surface area (Å²) >= 11 is 0. The van der Waals surface area contributed by atoms with E-state index in [1.54, 1.807) is 38.3 Å². The van der Waals surface area contributed by atoms with Gasteiger partial charge in [-0.3, -0.25) is 4.79 Å². The third-order valence-corrected chi connectivity index (χ3v) is 6.77. The predicted molar refractivity (Wildman–Crippen MR) is 106 cm³/mol. The molecule has 0 amide bonds. The first-order valence-corrected chi connectivity index (χ1v) is 9.91. The van der Waals surface area contributed by atoms with Crippen molar-refractivity contribution in [2.24, 2.45) is 17.3 Å². The molecule has 1 N–H and O–H groups in total. The van der Waals surface area contributed by atoms with Gasteiger partial charge in [-0.2, -0.15) is 0 Å². The van der Waals surface area contributed by atoms with E-state index in [2.05, 4.69) is 0 Å². The molecule has 0 spiro atoms. The molecule has 0 radical (unpaired) electrons. The lowest BCUT2D eigenvalue weighted by molar-refractivity contribution is -0.155. The van der Waals surface area contributed by atoms with Crippen molar-refractivity contribution in [1.29, 1.82) is 0 Å². The van der Waals surface area contributed by atoms with Gasteiger partial charge < -0.3 is 14.6 Å². The van der Waals surface area contributed by atoms with Crippen LogP contribution in [0.15, 0.2) is 35.9 Å². The van der Waals surface area contributed by atoms with Crippen molar-refractivity contribution in [3.63, 3.8) is 0 Å². The Bertz CT molecular complexity index is 794. The molecule has 1 aromatic rings. The SMILES string of the molecule is COc1ccc(C(=O)O[C@H]2C=C(C)CC[C@]3(O)[C@H](C(C)C)CC(=O)[C@@]23C)cc1. The molecule has 5 nitrogen and oxygen atoms in total. The first-order chi connectivity index (χ1) is 13.1. The molecule has 1 aromatic carbocycles. The average Bonchev–Trinajstić information content (AvgIpc) is 2.82. The topological polar surface area (TPSA) is 72.8 Å². The normalized spacial score (nSPS) is 32.5. The highest BCUT2D eigenvalue weighted by atomic mass is 16.5. The molecule has 2 aliphatic rings. The monoisotopic (exact) mass is 386 g/mol. The van der Waals surface area contributed by atoms with Crippen LogP contribution in [0.5, 0.6) is 5.75 Å². The van der Waals surface area contributed by atoms with Crippen molar-refractivity contribution in [2.75, 3.05) is 7.11 Å². The molecule has 2 aliphatic carbocycles. The highest BCUT2D eigenvalue weighted by Crippen LogP contribution is 2.56. The van der Waals surface area contributed by atoms with E-state index in [-0.39, 0.29) is 17.6 Å². The Labute approximate surface area is 166 Å². The number of esters is 1. The first-order valence-electron chi connectivity index (χ1n) is 9.91. The second kappa shape index (κ2) is 7.36. The predicted octanol–water partition coefficient (Wildman–Crippen LogP) is 3.94. The van der Waals surface area contributed by atoms with Crippen molar-refractivity contribution >= 4 is 11.8 Å². The van der Waals surface area contributed by atoms with Gasteiger partial charge in [0.05, 0.1) is 23.7 Å². The minimum absolute atomic E-state index is 0.0350. The average molecular weight is 386 g/mol. The second-order valence-corrected chi connectivity index (χ2v) is 8.67. The van der Waals surface area contributed by atoms with Gasteiger partial charge in [-0.25, -0.2) is 4.79 Å². The molecule has 3 rings (SSSR count). The van der Waals surface area contributed by atoms with Crippen molar-refractivity contribution in [3.8, 4) is 5.75 Å². The van der Waals surface area contributed by atoms with E-state index in [4.69, 9.17) is 9.47 Å². The van der Waals surface area contributed by atoms with Gasteiger partial charge in [0.2, 0.25) is 0 Å². The summed E-state index contributed by atoms with van der Waals surface area (Å²) < 4.78 is 11.0. The fourth-order valence-corrected chi connectivity index (χ4v) is 4.80. The zero-order valence-corrected chi connectivity index (χ0v) is 17.3. The van der Waals surface area contributed by atoms with Gasteiger partial charge in [-0.05, 0) is 68.9 Å². The number of carbonyl (C=O) groups excluding carboxylic acids is 2. The summed E-state index contributed by atoms with van der Waals surface area (Å²) in [5.41, 5.74) is -0.944. The van der Waals surface area contributed by atoms with Crippen LogP contribution in [-0.4, -0.2) is 35.7 Å². The number of ketones is 1. The van der Waals surface area contributed by atoms with E-state index < -0.39 is 23.1 Å². The molecule has 0 aliphatic heterocycles.